The fourth-order valence-corrected chi connectivity index (χ4v) is 2.85. The zero-order valence-electron chi connectivity index (χ0n) is 12.4. The van der Waals surface area contributed by atoms with Crippen LogP contribution >= 0.6 is 0 Å². The number of methoxy groups -OCH3 is 1. The molecule has 2 N–H and O–H groups in total. The molecule has 0 saturated carbocycles. The van der Waals surface area contributed by atoms with Crippen LogP contribution < -0.4 is 10.5 Å². The van der Waals surface area contributed by atoms with Crippen LogP contribution in [-0.2, 0) is 9.47 Å². The maximum atomic E-state index is 6.48. The summed E-state index contributed by atoms with van der Waals surface area (Å²) < 4.78 is 16.6. The van der Waals surface area contributed by atoms with Crippen molar-refractivity contribution in [2.45, 2.75) is 31.9 Å². The molecule has 2 rings (SSSR count). The lowest BCUT2D eigenvalue weighted by Crippen LogP contribution is -2.28. The number of benzene rings is 1. The Morgan fingerprint density at radius 1 is 1.35 bits per heavy atom. The average Bonchev–Trinajstić information content (AvgIpc) is 2.96. The van der Waals surface area contributed by atoms with Gasteiger partial charge in [0, 0.05) is 31.2 Å². The van der Waals surface area contributed by atoms with Gasteiger partial charge in [0.05, 0.1) is 12.7 Å². The maximum absolute atomic E-state index is 6.48. The summed E-state index contributed by atoms with van der Waals surface area (Å²) in [5.74, 6) is 1.23. The van der Waals surface area contributed by atoms with Crippen molar-refractivity contribution in [1.29, 1.82) is 0 Å². The van der Waals surface area contributed by atoms with Gasteiger partial charge in [-0.1, -0.05) is 25.1 Å². The highest BCUT2D eigenvalue weighted by atomic mass is 16.5. The van der Waals surface area contributed by atoms with E-state index in [0.717, 1.165) is 30.8 Å². The van der Waals surface area contributed by atoms with Gasteiger partial charge < -0.3 is 19.9 Å². The van der Waals surface area contributed by atoms with E-state index in [1.807, 2.05) is 18.2 Å². The first-order valence-electron chi connectivity index (χ1n) is 7.35. The summed E-state index contributed by atoms with van der Waals surface area (Å²) in [4.78, 5) is 0. The van der Waals surface area contributed by atoms with Crippen LogP contribution in [0.15, 0.2) is 24.3 Å². The fourth-order valence-electron chi connectivity index (χ4n) is 2.85. The SMILES string of the molecule is CCC1OCCC1C(N)c1ccccc1OCCOC. The van der Waals surface area contributed by atoms with Crippen molar-refractivity contribution in [2.24, 2.45) is 11.7 Å². The Morgan fingerprint density at radius 3 is 2.90 bits per heavy atom. The van der Waals surface area contributed by atoms with Gasteiger partial charge >= 0.3 is 0 Å². The molecule has 0 spiro atoms. The molecule has 1 aliphatic rings. The number of rotatable bonds is 7. The molecule has 0 aliphatic carbocycles. The van der Waals surface area contributed by atoms with Crippen molar-refractivity contribution in [1.82, 2.24) is 0 Å². The zero-order chi connectivity index (χ0) is 14.4. The smallest absolute Gasteiger partial charge is 0.124 e. The van der Waals surface area contributed by atoms with Gasteiger partial charge in [-0.05, 0) is 18.9 Å². The van der Waals surface area contributed by atoms with Gasteiger partial charge in [-0.3, -0.25) is 0 Å². The quantitative estimate of drug-likeness (QED) is 0.779. The van der Waals surface area contributed by atoms with E-state index in [2.05, 4.69) is 13.0 Å². The molecule has 0 amide bonds. The molecule has 0 aromatic heterocycles. The fraction of sp³-hybridized carbons (Fsp3) is 0.625. The molecule has 1 aliphatic heterocycles. The second-order valence-corrected chi connectivity index (χ2v) is 5.17. The topological polar surface area (TPSA) is 53.7 Å². The largest absolute Gasteiger partial charge is 0.491 e. The van der Waals surface area contributed by atoms with Crippen molar-refractivity contribution in [3.05, 3.63) is 29.8 Å². The first-order valence-corrected chi connectivity index (χ1v) is 7.35. The molecule has 1 heterocycles. The van der Waals surface area contributed by atoms with Gasteiger partial charge in [0.1, 0.15) is 12.4 Å². The summed E-state index contributed by atoms with van der Waals surface area (Å²) in [5.41, 5.74) is 7.55. The first kappa shape index (κ1) is 15.3. The third-order valence-corrected chi connectivity index (χ3v) is 3.95. The first-order chi connectivity index (χ1) is 9.77. The molecule has 1 aromatic rings. The molecule has 3 unspecified atom stereocenters. The summed E-state index contributed by atoms with van der Waals surface area (Å²) in [6, 6.07) is 7.97. The van der Waals surface area contributed by atoms with Crippen molar-refractivity contribution in [2.75, 3.05) is 26.9 Å². The standard InChI is InChI=1S/C16H25NO3/c1-3-14-13(8-9-19-14)16(17)12-6-4-5-7-15(12)20-11-10-18-2/h4-7,13-14,16H,3,8-11,17H2,1-2H3. The van der Waals surface area contributed by atoms with Crippen LogP contribution in [0, 0.1) is 5.92 Å². The summed E-state index contributed by atoms with van der Waals surface area (Å²) >= 11 is 0. The van der Waals surface area contributed by atoms with Crippen LogP contribution in [0.2, 0.25) is 0 Å². The third kappa shape index (κ3) is 3.51. The molecule has 3 atom stereocenters. The molecule has 0 radical (unpaired) electrons. The number of ether oxygens (including phenoxy) is 3. The highest BCUT2D eigenvalue weighted by molar-refractivity contribution is 5.36. The van der Waals surface area contributed by atoms with E-state index >= 15 is 0 Å². The normalized spacial score (nSPS) is 23.8. The molecule has 1 fully saturated rings. The van der Waals surface area contributed by atoms with Crippen molar-refractivity contribution in [3.63, 3.8) is 0 Å². The molecular weight excluding hydrogens is 254 g/mol. The summed E-state index contributed by atoms with van der Waals surface area (Å²) in [5, 5.41) is 0. The highest BCUT2D eigenvalue weighted by Crippen LogP contribution is 2.36. The van der Waals surface area contributed by atoms with Gasteiger partial charge in [-0.25, -0.2) is 0 Å². The monoisotopic (exact) mass is 279 g/mol. The Hall–Kier alpha value is -1.10. The average molecular weight is 279 g/mol. The van der Waals surface area contributed by atoms with E-state index in [1.54, 1.807) is 7.11 Å². The minimum atomic E-state index is -0.0406. The number of hydrogen-bond donors (Lipinski definition) is 1. The van der Waals surface area contributed by atoms with Crippen LogP contribution in [0.1, 0.15) is 31.4 Å². The predicted octanol–water partition coefficient (Wildman–Crippen LogP) is 2.53. The second-order valence-electron chi connectivity index (χ2n) is 5.17. The number of hydrogen-bond acceptors (Lipinski definition) is 4. The Bertz CT molecular complexity index is 410. The Morgan fingerprint density at radius 2 is 2.15 bits per heavy atom. The maximum Gasteiger partial charge on any atom is 0.124 e. The van der Waals surface area contributed by atoms with Crippen LogP contribution in [-0.4, -0.2) is 33.0 Å². The predicted molar refractivity (Wildman–Crippen MR) is 78.9 cm³/mol. The Labute approximate surface area is 121 Å². The van der Waals surface area contributed by atoms with Crippen molar-refractivity contribution < 1.29 is 14.2 Å². The molecular formula is C16H25NO3. The van der Waals surface area contributed by atoms with Gasteiger partial charge in [0.2, 0.25) is 0 Å². The van der Waals surface area contributed by atoms with E-state index in [-0.39, 0.29) is 12.1 Å². The third-order valence-electron chi connectivity index (χ3n) is 3.95. The van der Waals surface area contributed by atoms with Crippen LogP contribution in [0.3, 0.4) is 0 Å². The molecule has 20 heavy (non-hydrogen) atoms. The van der Waals surface area contributed by atoms with Crippen LogP contribution in [0.4, 0.5) is 0 Å². The summed E-state index contributed by atoms with van der Waals surface area (Å²) in [7, 11) is 1.67. The minimum absolute atomic E-state index is 0.0406. The van der Waals surface area contributed by atoms with Crippen molar-refractivity contribution >= 4 is 0 Å². The van der Waals surface area contributed by atoms with Crippen molar-refractivity contribution in [3.8, 4) is 5.75 Å². The molecule has 4 heteroatoms. The van der Waals surface area contributed by atoms with E-state index in [9.17, 15) is 0 Å². The summed E-state index contributed by atoms with van der Waals surface area (Å²) in [6.45, 7) is 4.08. The number of para-hydroxylation sites is 1. The van der Waals surface area contributed by atoms with E-state index < -0.39 is 0 Å². The molecule has 112 valence electrons. The highest BCUT2D eigenvalue weighted by Gasteiger charge is 2.33. The Balaban J connectivity index is 2.10. The van der Waals surface area contributed by atoms with E-state index in [4.69, 9.17) is 19.9 Å². The molecule has 0 bridgehead atoms. The van der Waals surface area contributed by atoms with Gasteiger partial charge in [-0.2, -0.15) is 0 Å². The lowest BCUT2D eigenvalue weighted by atomic mass is 9.87. The minimum Gasteiger partial charge on any atom is -0.491 e. The van der Waals surface area contributed by atoms with Gasteiger partial charge in [-0.15, -0.1) is 0 Å². The van der Waals surface area contributed by atoms with E-state index in [0.29, 0.717) is 19.1 Å². The molecule has 1 aromatic carbocycles. The molecule has 4 nitrogen and oxygen atoms in total. The number of nitrogens with two attached hydrogens (primary N) is 1. The second kappa shape index (κ2) is 7.62. The lowest BCUT2D eigenvalue weighted by Gasteiger charge is -2.25. The Kier molecular flexibility index (Phi) is 5.83. The zero-order valence-corrected chi connectivity index (χ0v) is 12.4. The van der Waals surface area contributed by atoms with Gasteiger partial charge in [0.25, 0.3) is 0 Å². The summed E-state index contributed by atoms with van der Waals surface area (Å²) in [6.07, 6.45) is 2.29. The lowest BCUT2D eigenvalue weighted by molar-refractivity contribution is 0.0808. The van der Waals surface area contributed by atoms with E-state index in [1.165, 1.54) is 0 Å². The van der Waals surface area contributed by atoms with Crippen LogP contribution in [0.5, 0.6) is 5.75 Å². The molecule has 1 saturated heterocycles. The van der Waals surface area contributed by atoms with Gasteiger partial charge in [0.15, 0.2) is 0 Å². The van der Waals surface area contributed by atoms with Crippen LogP contribution in [0.25, 0.3) is 0 Å².